The summed E-state index contributed by atoms with van der Waals surface area (Å²) in [6.45, 7) is 6.03. The van der Waals surface area contributed by atoms with Crippen LogP contribution in [0.25, 0.3) is 0 Å². The first-order valence-electron chi connectivity index (χ1n) is 4.43. The summed E-state index contributed by atoms with van der Waals surface area (Å²) in [6, 6.07) is 0. The number of hydrogen-bond donors (Lipinski definition) is 1. The van der Waals surface area contributed by atoms with Gasteiger partial charge in [0.05, 0.1) is 0 Å². The maximum atomic E-state index is 13.4. The average molecular weight is 185 g/mol. The molecule has 1 heterocycles. The summed E-state index contributed by atoms with van der Waals surface area (Å²) in [7, 11) is 1.65. The van der Waals surface area contributed by atoms with Crippen LogP contribution in [0.2, 0.25) is 0 Å². The quantitative estimate of drug-likeness (QED) is 0.764. The van der Waals surface area contributed by atoms with Gasteiger partial charge in [0, 0.05) is 13.0 Å². The molecule has 1 rings (SSSR count). The topological polar surface area (TPSA) is 43.8 Å². The third-order valence-corrected chi connectivity index (χ3v) is 2.49. The molecule has 13 heavy (non-hydrogen) atoms. The zero-order chi connectivity index (χ0) is 10.2. The van der Waals surface area contributed by atoms with Crippen LogP contribution in [0.5, 0.6) is 0 Å². The van der Waals surface area contributed by atoms with E-state index in [0.29, 0.717) is 11.6 Å². The normalized spacial score (nSPS) is 13.7. The van der Waals surface area contributed by atoms with E-state index in [9.17, 15) is 4.39 Å². The van der Waals surface area contributed by atoms with E-state index in [0.717, 1.165) is 0 Å². The summed E-state index contributed by atoms with van der Waals surface area (Å²) < 4.78 is 14.8. The van der Waals surface area contributed by atoms with Crippen molar-refractivity contribution in [3.63, 3.8) is 0 Å². The fourth-order valence-electron chi connectivity index (χ4n) is 1.14. The van der Waals surface area contributed by atoms with Gasteiger partial charge < -0.3 is 5.73 Å². The first kappa shape index (κ1) is 10.0. The molecule has 0 aromatic carbocycles. The molecule has 0 radical (unpaired) electrons. The van der Waals surface area contributed by atoms with Gasteiger partial charge in [-0.2, -0.15) is 5.10 Å². The predicted molar refractivity (Wildman–Crippen MR) is 50.8 cm³/mol. The third kappa shape index (κ3) is 1.66. The lowest BCUT2D eigenvalue weighted by Crippen LogP contribution is -2.05. The third-order valence-electron chi connectivity index (χ3n) is 2.49. The van der Waals surface area contributed by atoms with Gasteiger partial charge in [-0.15, -0.1) is 0 Å². The van der Waals surface area contributed by atoms with Crippen molar-refractivity contribution in [2.75, 3.05) is 5.73 Å². The number of rotatable bonds is 2. The highest BCUT2D eigenvalue weighted by Gasteiger charge is 2.21. The van der Waals surface area contributed by atoms with Gasteiger partial charge in [-0.1, -0.05) is 20.8 Å². The molecule has 1 aromatic rings. The molecule has 0 bridgehead atoms. The summed E-state index contributed by atoms with van der Waals surface area (Å²) in [5, 5.41) is 4.05. The highest BCUT2D eigenvalue weighted by Crippen LogP contribution is 2.26. The maximum absolute atomic E-state index is 13.4. The molecule has 4 heteroatoms. The minimum atomic E-state index is -0.372. The van der Waals surface area contributed by atoms with Crippen molar-refractivity contribution in [3.8, 4) is 0 Å². The van der Waals surface area contributed by atoms with Gasteiger partial charge in [0.2, 0.25) is 0 Å². The van der Waals surface area contributed by atoms with E-state index in [2.05, 4.69) is 5.10 Å². The van der Waals surface area contributed by atoms with Crippen LogP contribution in [0.1, 0.15) is 32.4 Å². The molecule has 0 aliphatic heterocycles. The molecule has 1 unspecified atom stereocenters. The van der Waals surface area contributed by atoms with Gasteiger partial charge in [-0.3, -0.25) is 4.68 Å². The van der Waals surface area contributed by atoms with Crippen molar-refractivity contribution in [1.29, 1.82) is 0 Å². The molecule has 2 N–H and O–H groups in total. The molecule has 74 valence electrons. The van der Waals surface area contributed by atoms with Crippen LogP contribution in [-0.2, 0) is 7.05 Å². The van der Waals surface area contributed by atoms with Gasteiger partial charge in [0.15, 0.2) is 11.6 Å². The molecule has 3 nitrogen and oxygen atoms in total. The van der Waals surface area contributed by atoms with Crippen LogP contribution >= 0.6 is 0 Å². The van der Waals surface area contributed by atoms with Gasteiger partial charge in [-0.05, 0) is 5.92 Å². The number of halogens is 1. The Balaban J connectivity index is 3.08. The second kappa shape index (κ2) is 3.36. The Hall–Kier alpha value is -1.06. The Bertz CT molecular complexity index is 304. The first-order chi connectivity index (χ1) is 5.95. The molecule has 1 aromatic heterocycles. The van der Waals surface area contributed by atoms with Crippen molar-refractivity contribution in [2.24, 2.45) is 13.0 Å². The molecule has 0 saturated carbocycles. The van der Waals surface area contributed by atoms with Crippen LogP contribution in [0, 0.1) is 11.7 Å². The molecule has 0 spiro atoms. The molecular formula is C9H16FN3. The van der Waals surface area contributed by atoms with Crippen LogP contribution in [0.15, 0.2) is 0 Å². The van der Waals surface area contributed by atoms with Gasteiger partial charge in [0.25, 0.3) is 0 Å². The van der Waals surface area contributed by atoms with Gasteiger partial charge >= 0.3 is 0 Å². The largest absolute Gasteiger partial charge is 0.381 e. The van der Waals surface area contributed by atoms with Crippen LogP contribution in [-0.4, -0.2) is 9.78 Å². The molecule has 0 amide bonds. The van der Waals surface area contributed by atoms with Crippen LogP contribution in [0.4, 0.5) is 10.2 Å². The first-order valence-corrected chi connectivity index (χ1v) is 4.43. The lowest BCUT2D eigenvalue weighted by atomic mass is 9.94. The summed E-state index contributed by atoms with van der Waals surface area (Å²) in [6.07, 6.45) is 0. The van der Waals surface area contributed by atoms with Crippen LogP contribution < -0.4 is 5.73 Å². The lowest BCUT2D eigenvalue weighted by Gasteiger charge is -2.11. The fourth-order valence-corrected chi connectivity index (χ4v) is 1.14. The Morgan fingerprint density at radius 1 is 1.38 bits per heavy atom. The lowest BCUT2D eigenvalue weighted by molar-refractivity contribution is 0.491. The monoisotopic (exact) mass is 185 g/mol. The zero-order valence-corrected chi connectivity index (χ0v) is 8.50. The standard InChI is InChI=1S/C9H16FN3/c1-5(2)6(3)8-7(10)9(11)13(4)12-8/h5-6H,11H2,1-4H3. The molecule has 1 atom stereocenters. The molecule has 0 aliphatic rings. The summed E-state index contributed by atoms with van der Waals surface area (Å²) in [4.78, 5) is 0. The Morgan fingerprint density at radius 2 is 1.92 bits per heavy atom. The number of anilines is 1. The summed E-state index contributed by atoms with van der Waals surface area (Å²) in [5.74, 6) is 0.207. The highest BCUT2D eigenvalue weighted by atomic mass is 19.1. The minimum Gasteiger partial charge on any atom is -0.381 e. The van der Waals surface area contributed by atoms with E-state index < -0.39 is 0 Å². The van der Waals surface area contributed by atoms with Crippen molar-refractivity contribution in [1.82, 2.24) is 9.78 Å². The highest BCUT2D eigenvalue weighted by molar-refractivity contribution is 5.34. The summed E-state index contributed by atoms with van der Waals surface area (Å²) in [5.41, 5.74) is 5.93. The number of nitrogen functional groups attached to an aromatic ring is 1. The van der Waals surface area contributed by atoms with E-state index >= 15 is 0 Å². The Labute approximate surface area is 77.7 Å². The van der Waals surface area contributed by atoms with Crippen molar-refractivity contribution < 1.29 is 4.39 Å². The number of hydrogen-bond acceptors (Lipinski definition) is 2. The number of aromatic nitrogens is 2. The fraction of sp³-hybridized carbons (Fsp3) is 0.667. The number of aryl methyl sites for hydroxylation is 1. The van der Waals surface area contributed by atoms with E-state index in [1.165, 1.54) is 4.68 Å². The maximum Gasteiger partial charge on any atom is 0.188 e. The SMILES string of the molecule is CC(C)C(C)c1nn(C)c(N)c1F. The van der Waals surface area contributed by atoms with Gasteiger partial charge in [0.1, 0.15) is 5.69 Å². The minimum absolute atomic E-state index is 0.100. The molecule has 0 aliphatic carbocycles. The van der Waals surface area contributed by atoms with E-state index in [-0.39, 0.29) is 17.6 Å². The van der Waals surface area contributed by atoms with Crippen molar-refractivity contribution in [2.45, 2.75) is 26.7 Å². The Morgan fingerprint density at radius 3 is 2.23 bits per heavy atom. The zero-order valence-electron chi connectivity index (χ0n) is 8.50. The number of nitrogens with zero attached hydrogens (tertiary/aromatic N) is 2. The average Bonchev–Trinajstić information content (AvgIpc) is 2.31. The van der Waals surface area contributed by atoms with E-state index in [4.69, 9.17) is 5.73 Å². The molecule has 0 saturated heterocycles. The molecular weight excluding hydrogens is 169 g/mol. The predicted octanol–water partition coefficient (Wildman–Crippen LogP) is 1.90. The van der Waals surface area contributed by atoms with E-state index in [1.807, 2.05) is 20.8 Å². The van der Waals surface area contributed by atoms with Crippen LogP contribution in [0.3, 0.4) is 0 Å². The second-order valence-corrected chi connectivity index (χ2v) is 3.74. The van der Waals surface area contributed by atoms with Gasteiger partial charge in [-0.25, -0.2) is 4.39 Å². The molecule has 0 fully saturated rings. The van der Waals surface area contributed by atoms with Crippen molar-refractivity contribution >= 4 is 5.82 Å². The second-order valence-electron chi connectivity index (χ2n) is 3.74. The number of nitrogens with two attached hydrogens (primary N) is 1. The Kier molecular flexibility index (Phi) is 2.59. The smallest absolute Gasteiger partial charge is 0.188 e. The summed E-state index contributed by atoms with van der Waals surface area (Å²) >= 11 is 0. The van der Waals surface area contributed by atoms with E-state index in [1.54, 1.807) is 7.05 Å². The van der Waals surface area contributed by atoms with Crippen molar-refractivity contribution in [3.05, 3.63) is 11.5 Å².